The quantitative estimate of drug-likeness (QED) is 0.836. The van der Waals surface area contributed by atoms with Crippen LogP contribution in [-0.4, -0.2) is 39.7 Å². The average molecular weight is 367 g/mol. The lowest BCUT2D eigenvalue weighted by molar-refractivity contribution is 0.0712. The van der Waals surface area contributed by atoms with Crippen molar-refractivity contribution in [1.29, 1.82) is 0 Å². The number of carbonyl (C=O) groups is 1. The van der Waals surface area contributed by atoms with E-state index in [1.54, 1.807) is 19.9 Å². The predicted octanol–water partition coefficient (Wildman–Crippen LogP) is 4.12. The first-order chi connectivity index (χ1) is 12.8. The number of aryl methyl sites for hydroxylation is 1. The summed E-state index contributed by atoms with van der Waals surface area (Å²) in [6, 6.07) is 15.2. The summed E-state index contributed by atoms with van der Waals surface area (Å²) in [5.41, 5.74) is 2.25. The van der Waals surface area contributed by atoms with Crippen molar-refractivity contribution < 1.29 is 15.0 Å². The average Bonchev–Trinajstić information content (AvgIpc) is 2.66. The number of piperidine rings is 1. The van der Waals surface area contributed by atoms with Gasteiger partial charge >= 0.3 is 0 Å². The minimum atomic E-state index is -0.701. The number of benzene rings is 2. The molecule has 3 rings (SSSR count). The Balaban J connectivity index is 1.61. The fraction of sp³-hybridized carbons (Fsp3) is 0.435. The van der Waals surface area contributed by atoms with E-state index >= 15 is 0 Å². The van der Waals surface area contributed by atoms with E-state index in [4.69, 9.17) is 0 Å². The van der Waals surface area contributed by atoms with Crippen LogP contribution in [-0.2, 0) is 6.42 Å². The molecule has 4 heteroatoms. The molecular formula is C23H29NO3. The van der Waals surface area contributed by atoms with Crippen molar-refractivity contribution in [3.8, 4) is 5.75 Å². The lowest BCUT2D eigenvalue weighted by Gasteiger charge is -2.32. The SMILES string of the molecule is CC(C)(O)CCc1cccc(C(=O)N2CCC(c3cccc(O)c3)CC2)c1. The second-order valence-electron chi connectivity index (χ2n) is 8.17. The minimum Gasteiger partial charge on any atom is -0.508 e. The molecule has 2 N–H and O–H groups in total. The van der Waals surface area contributed by atoms with Gasteiger partial charge in [0.15, 0.2) is 0 Å². The van der Waals surface area contributed by atoms with Gasteiger partial charge in [0.2, 0.25) is 0 Å². The monoisotopic (exact) mass is 367 g/mol. The molecule has 2 aromatic carbocycles. The number of phenols is 1. The van der Waals surface area contributed by atoms with E-state index in [2.05, 4.69) is 0 Å². The molecule has 0 saturated carbocycles. The number of likely N-dealkylation sites (tertiary alicyclic amines) is 1. The summed E-state index contributed by atoms with van der Waals surface area (Å²) in [6.07, 6.45) is 3.24. The Morgan fingerprint density at radius 1 is 1.11 bits per heavy atom. The third-order valence-electron chi connectivity index (χ3n) is 5.32. The molecule has 1 aliphatic rings. The Morgan fingerprint density at radius 2 is 1.81 bits per heavy atom. The van der Waals surface area contributed by atoms with Gasteiger partial charge in [0.25, 0.3) is 5.91 Å². The molecule has 0 aromatic heterocycles. The Hall–Kier alpha value is -2.33. The van der Waals surface area contributed by atoms with Gasteiger partial charge in [0, 0.05) is 18.7 Å². The topological polar surface area (TPSA) is 60.8 Å². The van der Waals surface area contributed by atoms with Crippen LogP contribution in [0.3, 0.4) is 0 Å². The van der Waals surface area contributed by atoms with Crippen LogP contribution >= 0.6 is 0 Å². The number of hydrogen-bond acceptors (Lipinski definition) is 3. The van der Waals surface area contributed by atoms with Gasteiger partial charge in [0.1, 0.15) is 5.75 Å². The summed E-state index contributed by atoms with van der Waals surface area (Å²) in [4.78, 5) is 14.8. The number of aliphatic hydroxyl groups is 1. The maximum Gasteiger partial charge on any atom is 0.253 e. The van der Waals surface area contributed by atoms with Crippen LogP contribution in [0.2, 0.25) is 0 Å². The molecule has 1 heterocycles. The highest BCUT2D eigenvalue weighted by atomic mass is 16.3. The molecule has 1 aliphatic heterocycles. The molecule has 2 aromatic rings. The predicted molar refractivity (Wildman–Crippen MR) is 107 cm³/mol. The summed E-state index contributed by atoms with van der Waals surface area (Å²) in [7, 11) is 0. The standard InChI is InChI=1S/C23H29NO3/c1-23(2,27)12-9-17-5-3-7-20(15-17)22(26)24-13-10-18(11-14-24)19-6-4-8-21(25)16-19/h3-8,15-16,18,25,27H,9-14H2,1-2H3. The number of amides is 1. The first-order valence-corrected chi connectivity index (χ1v) is 9.71. The summed E-state index contributed by atoms with van der Waals surface area (Å²) in [5.74, 6) is 0.766. The van der Waals surface area contributed by atoms with Crippen molar-refractivity contribution in [3.63, 3.8) is 0 Å². The number of hydrogen-bond donors (Lipinski definition) is 2. The zero-order chi connectivity index (χ0) is 19.4. The van der Waals surface area contributed by atoms with Crippen LogP contribution in [0.1, 0.15) is 60.5 Å². The van der Waals surface area contributed by atoms with Crippen LogP contribution in [0, 0.1) is 0 Å². The van der Waals surface area contributed by atoms with Crippen molar-refractivity contribution in [1.82, 2.24) is 4.90 Å². The van der Waals surface area contributed by atoms with Gasteiger partial charge in [-0.05, 0) is 80.8 Å². The molecule has 0 aliphatic carbocycles. The molecule has 1 amide bonds. The van der Waals surface area contributed by atoms with Crippen LogP contribution in [0.4, 0.5) is 0 Å². The zero-order valence-electron chi connectivity index (χ0n) is 16.2. The van der Waals surface area contributed by atoms with Crippen LogP contribution < -0.4 is 0 Å². The van der Waals surface area contributed by atoms with Gasteiger partial charge in [-0.15, -0.1) is 0 Å². The van der Waals surface area contributed by atoms with Gasteiger partial charge < -0.3 is 15.1 Å². The molecule has 1 fully saturated rings. The van der Waals surface area contributed by atoms with Crippen LogP contribution in [0.15, 0.2) is 48.5 Å². The first-order valence-electron chi connectivity index (χ1n) is 9.71. The highest BCUT2D eigenvalue weighted by molar-refractivity contribution is 5.94. The summed E-state index contributed by atoms with van der Waals surface area (Å²) in [6.45, 7) is 5.07. The second-order valence-corrected chi connectivity index (χ2v) is 8.17. The van der Waals surface area contributed by atoms with Crippen molar-refractivity contribution in [2.24, 2.45) is 0 Å². The Labute approximate surface area is 161 Å². The summed E-state index contributed by atoms with van der Waals surface area (Å²) in [5, 5.41) is 19.6. The third-order valence-corrected chi connectivity index (χ3v) is 5.32. The van der Waals surface area contributed by atoms with E-state index in [-0.39, 0.29) is 5.91 Å². The molecule has 0 radical (unpaired) electrons. The fourth-order valence-electron chi connectivity index (χ4n) is 3.69. The van der Waals surface area contributed by atoms with E-state index in [9.17, 15) is 15.0 Å². The molecule has 1 saturated heterocycles. The van der Waals surface area contributed by atoms with Gasteiger partial charge in [-0.25, -0.2) is 0 Å². The molecule has 0 bridgehead atoms. The zero-order valence-corrected chi connectivity index (χ0v) is 16.2. The summed E-state index contributed by atoms with van der Waals surface area (Å²) < 4.78 is 0. The van der Waals surface area contributed by atoms with E-state index in [0.29, 0.717) is 18.1 Å². The maximum absolute atomic E-state index is 12.9. The molecule has 0 atom stereocenters. The van der Waals surface area contributed by atoms with Crippen LogP contribution in [0.5, 0.6) is 5.75 Å². The van der Waals surface area contributed by atoms with E-state index in [0.717, 1.165) is 49.0 Å². The second kappa shape index (κ2) is 8.13. The van der Waals surface area contributed by atoms with Crippen molar-refractivity contribution in [2.45, 2.75) is 51.0 Å². The van der Waals surface area contributed by atoms with Crippen LogP contribution in [0.25, 0.3) is 0 Å². The molecule has 0 unspecified atom stereocenters. The Kier molecular flexibility index (Phi) is 5.85. The molecule has 27 heavy (non-hydrogen) atoms. The van der Waals surface area contributed by atoms with Gasteiger partial charge in [0.05, 0.1) is 5.60 Å². The summed E-state index contributed by atoms with van der Waals surface area (Å²) >= 11 is 0. The van der Waals surface area contributed by atoms with Crippen molar-refractivity contribution in [2.75, 3.05) is 13.1 Å². The highest BCUT2D eigenvalue weighted by Crippen LogP contribution is 2.30. The van der Waals surface area contributed by atoms with Crippen molar-refractivity contribution in [3.05, 3.63) is 65.2 Å². The molecular weight excluding hydrogens is 338 g/mol. The lowest BCUT2D eigenvalue weighted by Crippen LogP contribution is -2.37. The molecule has 0 spiro atoms. The first kappa shape index (κ1) is 19.4. The van der Waals surface area contributed by atoms with E-state index < -0.39 is 5.60 Å². The molecule has 4 nitrogen and oxygen atoms in total. The maximum atomic E-state index is 12.9. The van der Waals surface area contributed by atoms with Gasteiger partial charge in [-0.1, -0.05) is 24.3 Å². The van der Waals surface area contributed by atoms with Crippen molar-refractivity contribution >= 4 is 5.91 Å². The number of nitrogens with zero attached hydrogens (tertiary/aromatic N) is 1. The Morgan fingerprint density at radius 3 is 2.48 bits per heavy atom. The van der Waals surface area contributed by atoms with Gasteiger partial charge in [-0.3, -0.25) is 4.79 Å². The number of phenolic OH excluding ortho intramolecular Hbond substituents is 1. The minimum absolute atomic E-state index is 0.0782. The van der Waals surface area contributed by atoms with E-state index in [1.807, 2.05) is 47.4 Å². The largest absolute Gasteiger partial charge is 0.508 e. The third kappa shape index (κ3) is 5.33. The Bertz CT molecular complexity index is 786. The number of carbonyl (C=O) groups excluding carboxylic acids is 1. The normalized spacial score (nSPS) is 15.7. The molecule has 144 valence electrons. The van der Waals surface area contributed by atoms with Gasteiger partial charge in [-0.2, -0.15) is 0 Å². The van der Waals surface area contributed by atoms with E-state index in [1.165, 1.54) is 0 Å². The number of aromatic hydroxyl groups is 1. The highest BCUT2D eigenvalue weighted by Gasteiger charge is 2.25. The smallest absolute Gasteiger partial charge is 0.253 e. The number of rotatable bonds is 5. The lowest BCUT2D eigenvalue weighted by atomic mass is 9.89. The fourth-order valence-corrected chi connectivity index (χ4v) is 3.69.